The summed E-state index contributed by atoms with van der Waals surface area (Å²) in [6.45, 7) is 1.10. The van der Waals surface area contributed by atoms with Crippen molar-refractivity contribution >= 4 is 5.82 Å². The molecule has 4 heteroatoms. The first-order valence-electron chi connectivity index (χ1n) is 8.04. The van der Waals surface area contributed by atoms with Crippen molar-refractivity contribution in [2.24, 2.45) is 17.8 Å². The number of nitrogens with two attached hydrogens (primary N) is 1. The van der Waals surface area contributed by atoms with E-state index in [9.17, 15) is 0 Å². The summed E-state index contributed by atoms with van der Waals surface area (Å²) >= 11 is 0. The van der Waals surface area contributed by atoms with Gasteiger partial charge in [0.05, 0.1) is 0 Å². The number of fused-ring (bicyclic) bond motifs is 1. The second-order valence-electron chi connectivity index (χ2n) is 6.56. The third kappa shape index (κ3) is 2.33. The first-order chi connectivity index (χ1) is 10.3. The van der Waals surface area contributed by atoms with Gasteiger partial charge in [-0.25, -0.2) is 9.97 Å². The molecule has 0 bridgehead atoms. The van der Waals surface area contributed by atoms with E-state index >= 15 is 0 Å². The number of nitrogen functional groups attached to an aromatic ring is 1. The Bertz CT molecular complexity index is 633. The molecule has 0 aromatic carbocycles. The molecule has 2 fully saturated rings. The van der Waals surface area contributed by atoms with E-state index in [1.807, 2.05) is 18.3 Å². The number of anilines is 1. The zero-order valence-corrected chi connectivity index (χ0v) is 12.3. The number of rotatable bonds is 3. The summed E-state index contributed by atoms with van der Waals surface area (Å²) in [5.74, 6) is 4.34. The van der Waals surface area contributed by atoms with Crippen LogP contribution in [-0.2, 0) is 6.54 Å². The molecule has 2 aliphatic carbocycles. The van der Waals surface area contributed by atoms with Gasteiger partial charge in [-0.2, -0.15) is 0 Å². The highest BCUT2D eigenvalue weighted by molar-refractivity contribution is 5.58. The van der Waals surface area contributed by atoms with Gasteiger partial charge in [0.25, 0.3) is 0 Å². The lowest BCUT2D eigenvalue weighted by Gasteiger charge is -2.20. The molecule has 2 saturated carbocycles. The molecule has 21 heavy (non-hydrogen) atoms. The SMILES string of the molecule is Nc1cc(-c2nccn2C[C@@H]2CC[C@H]3CCC[C@H]32)ccn1. The minimum absolute atomic E-state index is 0.554. The van der Waals surface area contributed by atoms with Crippen LogP contribution >= 0.6 is 0 Å². The Hall–Kier alpha value is -1.84. The Morgan fingerprint density at radius 3 is 3.00 bits per heavy atom. The van der Waals surface area contributed by atoms with E-state index in [0.29, 0.717) is 5.82 Å². The molecule has 0 aliphatic heterocycles. The molecule has 0 amide bonds. The maximum Gasteiger partial charge on any atom is 0.140 e. The Balaban J connectivity index is 1.58. The fraction of sp³-hybridized carbons (Fsp3) is 0.529. The van der Waals surface area contributed by atoms with Crippen LogP contribution in [0, 0.1) is 17.8 Å². The monoisotopic (exact) mass is 282 g/mol. The molecule has 0 radical (unpaired) electrons. The van der Waals surface area contributed by atoms with Crippen molar-refractivity contribution in [2.45, 2.75) is 38.6 Å². The predicted octanol–water partition coefficient (Wildman–Crippen LogP) is 3.35. The quantitative estimate of drug-likeness (QED) is 0.939. The first kappa shape index (κ1) is 12.9. The third-order valence-electron chi connectivity index (χ3n) is 5.42. The lowest BCUT2D eigenvalue weighted by molar-refractivity contribution is 0.317. The number of hydrogen-bond acceptors (Lipinski definition) is 3. The zero-order valence-electron chi connectivity index (χ0n) is 12.3. The van der Waals surface area contributed by atoms with Crippen molar-refractivity contribution in [3.05, 3.63) is 30.7 Å². The smallest absolute Gasteiger partial charge is 0.140 e. The molecular weight excluding hydrogens is 260 g/mol. The van der Waals surface area contributed by atoms with E-state index in [1.165, 1.54) is 32.1 Å². The summed E-state index contributed by atoms with van der Waals surface area (Å²) in [5, 5.41) is 0. The van der Waals surface area contributed by atoms with Crippen LogP contribution in [-0.4, -0.2) is 14.5 Å². The molecule has 4 nitrogen and oxygen atoms in total. The summed E-state index contributed by atoms with van der Waals surface area (Å²) < 4.78 is 2.31. The average Bonchev–Trinajstić information content (AvgIpc) is 3.17. The molecule has 3 atom stereocenters. The van der Waals surface area contributed by atoms with E-state index < -0.39 is 0 Å². The lowest BCUT2D eigenvalue weighted by atomic mass is 9.92. The van der Waals surface area contributed by atoms with Crippen molar-refractivity contribution in [1.29, 1.82) is 0 Å². The fourth-order valence-electron chi connectivity index (χ4n) is 4.47. The van der Waals surface area contributed by atoms with Gasteiger partial charge < -0.3 is 10.3 Å². The Labute approximate surface area is 125 Å². The second-order valence-corrected chi connectivity index (χ2v) is 6.56. The topological polar surface area (TPSA) is 56.7 Å². The van der Waals surface area contributed by atoms with E-state index in [4.69, 9.17) is 5.73 Å². The van der Waals surface area contributed by atoms with Crippen molar-refractivity contribution in [1.82, 2.24) is 14.5 Å². The molecule has 2 aromatic rings. The maximum absolute atomic E-state index is 5.80. The van der Waals surface area contributed by atoms with E-state index in [1.54, 1.807) is 6.20 Å². The van der Waals surface area contributed by atoms with Gasteiger partial charge >= 0.3 is 0 Å². The molecule has 0 unspecified atom stereocenters. The van der Waals surface area contributed by atoms with Crippen LogP contribution in [0.15, 0.2) is 30.7 Å². The standard InChI is InChI=1S/C17H22N4/c18-16-10-13(6-7-19-16)17-20-8-9-21(17)11-14-5-4-12-2-1-3-15(12)14/h6-10,12,14-15H,1-5,11H2,(H2,18,19)/t12-,14+,15-/m1/s1. The van der Waals surface area contributed by atoms with Crippen LogP contribution < -0.4 is 5.73 Å². The van der Waals surface area contributed by atoms with Crippen molar-refractivity contribution in [3.63, 3.8) is 0 Å². The van der Waals surface area contributed by atoms with Crippen LogP contribution in [0.2, 0.25) is 0 Å². The predicted molar refractivity (Wildman–Crippen MR) is 83.4 cm³/mol. The minimum atomic E-state index is 0.554. The normalized spacial score (nSPS) is 27.9. The van der Waals surface area contributed by atoms with E-state index in [-0.39, 0.29) is 0 Å². The molecule has 110 valence electrons. The van der Waals surface area contributed by atoms with Gasteiger partial charge in [0.1, 0.15) is 11.6 Å². The van der Waals surface area contributed by atoms with Crippen LogP contribution in [0.4, 0.5) is 5.82 Å². The second kappa shape index (κ2) is 5.17. The van der Waals surface area contributed by atoms with Crippen molar-refractivity contribution in [2.75, 3.05) is 5.73 Å². The van der Waals surface area contributed by atoms with Gasteiger partial charge in [0.15, 0.2) is 0 Å². The number of nitrogens with zero attached hydrogens (tertiary/aromatic N) is 3. The molecule has 2 heterocycles. The third-order valence-corrected chi connectivity index (χ3v) is 5.42. The largest absolute Gasteiger partial charge is 0.384 e. The van der Waals surface area contributed by atoms with Gasteiger partial charge in [0.2, 0.25) is 0 Å². The highest BCUT2D eigenvalue weighted by atomic mass is 15.1. The van der Waals surface area contributed by atoms with Gasteiger partial charge in [-0.15, -0.1) is 0 Å². The summed E-state index contributed by atoms with van der Waals surface area (Å²) in [5.41, 5.74) is 6.86. The van der Waals surface area contributed by atoms with E-state index in [2.05, 4.69) is 20.7 Å². The Morgan fingerprint density at radius 1 is 1.14 bits per heavy atom. The van der Waals surface area contributed by atoms with Gasteiger partial charge in [-0.05, 0) is 49.1 Å². The fourth-order valence-corrected chi connectivity index (χ4v) is 4.47. The highest BCUT2D eigenvalue weighted by Crippen LogP contribution is 2.48. The number of hydrogen-bond donors (Lipinski definition) is 1. The maximum atomic E-state index is 5.80. The Kier molecular flexibility index (Phi) is 3.17. The first-order valence-corrected chi connectivity index (χ1v) is 8.04. The van der Waals surface area contributed by atoms with Gasteiger partial charge in [0, 0.05) is 30.7 Å². The summed E-state index contributed by atoms with van der Waals surface area (Å²) in [4.78, 5) is 8.60. The minimum Gasteiger partial charge on any atom is -0.384 e. The molecule has 0 saturated heterocycles. The number of pyridine rings is 1. The van der Waals surface area contributed by atoms with Crippen LogP contribution in [0.3, 0.4) is 0 Å². The van der Waals surface area contributed by atoms with E-state index in [0.717, 1.165) is 35.7 Å². The summed E-state index contributed by atoms with van der Waals surface area (Å²) in [7, 11) is 0. The van der Waals surface area contributed by atoms with Crippen LogP contribution in [0.25, 0.3) is 11.4 Å². The van der Waals surface area contributed by atoms with Gasteiger partial charge in [-0.3, -0.25) is 0 Å². The molecule has 0 spiro atoms. The van der Waals surface area contributed by atoms with Crippen LogP contribution in [0.1, 0.15) is 32.1 Å². The van der Waals surface area contributed by atoms with Crippen LogP contribution in [0.5, 0.6) is 0 Å². The zero-order chi connectivity index (χ0) is 14.2. The number of imidazole rings is 1. The Morgan fingerprint density at radius 2 is 2.10 bits per heavy atom. The number of aromatic nitrogens is 3. The van der Waals surface area contributed by atoms with Crippen molar-refractivity contribution < 1.29 is 0 Å². The molecule has 2 aliphatic rings. The van der Waals surface area contributed by atoms with Gasteiger partial charge in [-0.1, -0.05) is 12.8 Å². The molecule has 2 aromatic heterocycles. The molecule has 2 N–H and O–H groups in total. The highest BCUT2D eigenvalue weighted by Gasteiger charge is 2.39. The average molecular weight is 282 g/mol. The lowest BCUT2D eigenvalue weighted by Crippen LogP contribution is -2.16. The summed E-state index contributed by atoms with van der Waals surface area (Å²) in [6.07, 6.45) is 12.9. The molecule has 4 rings (SSSR count). The van der Waals surface area contributed by atoms with Crippen molar-refractivity contribution in [3.8, 4) is 11.4 Å². The molecular formula is C17H22N4. The summed E-state index contributed by atoms with van der Waals surface area (Å²) in [6, 6.07) is 3.90.